The summed E-state index contributed by atoms with van der Waals surface area (Å²) in [6, 6.07) is 0. The average Bonchev–Trinajstić information content (AvgIpc) is 2.86. The van der Waals surface area contributed by atoms with E-state index in [-0.39, 0.29) is 38.8 Å². The minimum absolute atomic E-state index is 0. The summed E-state index contributed by atoms with van der Waals surface area (Å²) in [4.78, 5) is 0. The third-order valence-corrected chi connectivity index (χ3v) is 7.85. The molecule has 0 aromatic heterocycles. The van der Waals surface area contributed by atoms with Crippen LogP contribution < -0.4 is 0 Å². The van der Waals surface area contributed by atoms with Crippen LogP contribution in [-0.4, -0.2) is 63.9 Å². The van der Waals surface area contributed by atoms with Gasteiger partial charge >= 0.3 is 0 Å². The largest absolute Gasteiger partial charge is 0.394 e. The van der Waals surface area contributed by atoms with Crippen LogP contribution in [0.4, 0.5) is 0 Å². The number of methoxy groups -OCH3 is 2. The monoisotopic (exact) mass is 516 g/mol. The van der Waals surface area contributed by atoms with E-state index in [2.05, 4.69) is 61.6 Å². The first-order chi connectivity index (χ1) is 16.6. The predicted octanol–water partition coefficient (Wildman–Crippen LogP) is 6.73. The second kappa shape index (κ2) is 21.2. The van der Waals surface area contributed by atoms with Crippen molar-refractivity contribution >= 4 is 0 Å². The molecule has 0 radical (unpaired) electrons. The fourth-order valence-corrected chi connectivity index (χ4v) is 4.48. The molecule has 2 heterocycles. The molecule has 216 valence electrons. The third kappa shape index (κ3) is 12.2. The van der Waals surface area contributed by atoms with E-state index in [4.69, 9.17) is 28.8 Å². The summed E-state index contributed by atoms with van der Waals surface area (Å²) in [7, 11) is 3.36. The highest BCUT2D eigenvalue weighted by molar-refractivity contribution is 4.83. The summed E-state index contributed by atoms with van der Waals surface area (Å²) in [5, 5.41) is 9.10. The minimum atomic E-state index is -0.164. The Morgan fingerprint density at radius 3 is 1.53 bits per heavy atom. The lowest BCUT2D eigenvalue weighted by Crippen LogP contribution is -2.47. The van der Waals surface area contributed by atoms with Crippen molar-refractivity contribution in [2.45, 2.75) is 99.9 Å². The van der Waals surface area contributed by atoms with Gasteiger partial charge in [0.15, 0.2) is 12.6 Å². The van der Waals surface area contributed by atoms with Crippen LogP contribution in [0.2, 0.25) is 0 Å². The Labute approximate surface area is 223 Å². The number of unbranched alkanes of at least 4 members (excludes halogenated alkanes) is 1. The lowest BCUT2D eigenvalue weighted by atomic mass is 9.79. The van der Waals surface area contributed by atoms with Gasteiger partial charge in [-0.25, -0.2) is 0 Å². The van der Waals surface area contributed by atoms with Crippen molar-refractivity contribution in [3.63, 3.8) is 0 Å². The van der Waals surface area contributed by atoms with Crippen molar-refractivity contribution in [3.8, 4) is 0 Å². The number of hydrogen-bond acceptors (Lipinski definition) is 6. The van der Waals surface area contributed by atoms with Crippen molar-refractivity contribution in [2.75, 3.05) is 34.0 Å². The molecule has 36 heavy (non-hydrogen) atoms. The quantitative estimate of drug-likeness (QED) is 0.257. The molecule has 6 heteroatoms. The first-order valence-electron chi connectivity index (χ1n) is 13.4. The number of ether oxygens (including phenoxy) is 5. The molecule has 0 amide bonds. The van der Waals surface area contributed by atoms with Gasteiger partial charge in [-0.1, -0.05) is 74.5 Å². The second-order valence-electron chi connectivity index (χ2n) is 10.1. The van der Waals surface area contributed by atoms with Crippen molar-refractivity contribution in [2.24, 2.45) is 35.5 Å². The molecule has 2 fully saturated rings. The Balaban J connectivity index is 0. The van der Waals surface area contributed by atoms with Crippen LogP contribution in [-0.2, 0) is 23.7 Å². The molecular weight excluding hydrogens is 456 g/mol. The molecule has 0 spiro atoms. The Morgan fingerprint density at radius 2 is 1.17 bits per heavy atom. The number of allylic oxidation sites excluding steroid dienone is 1. The molecule has 2 aliphatic rings. The average molecular weight is 517 g/mol. The second-order valence-corrected chi connectivity index (χ2v) is 10.1. The maximum atomic E-state index is 9.10. The molecule has 2 aliphatic heterocycles. The molecule has 0 aliphatic carbocycles. The molecule has 2 saturated heterocycles. The van der Waals surface area contributed by atoms with Crippen LogP contribution in [0.15, 0.2) is 25.3 Å². The van der Waals surface area contributed by atoms with Crippen molar-refractivity contribution in [3.05, 3.63) is 25.3 Å². The number of hydrogen-bond donors (Lipinski definition) is 1. The topological polar surface area (TPSA) is 66.4 Å². The van der Waals surface area contributed by atoms with Gasteiger partial charge < -0.3 is 28.8 Å². The number of aliphatic hydroxyl groups is 1. The van der Waals surface area contributed by atoms with Crippen molar-refractivity contribution < 1.29 is 28.8 Å². The highest BCUT2D eigenvalue weighted by atomic mass is 16.7. The molecule has 0 bridgehead atoms. The summed E-state index contributed by atoms with van der Waals surface area (Å²) in [6.45, 7) is 23.9. The fourth-order valence-electron chi connectivity index (χ4n) is 4.48. The van der Waals surface area contributed by atoms with E-state index in [1.165, 1.54) is 6.42 Å². The van der Waals surface area contributed by atoms with E-state index in [0.717, 1.165) is 19.4 Å². The molecule has 1 N–H and O–H groups in total. The molecular formula is C30H60O6. The standard InChI is InChI=1S/C14H26O3.C10H20O3.C5H10.CH4/c1-6-7-8-16-9-13-11(3)10(2)12(4)14(15-5)17-13;1-6-7(2)9(5-11)13-10(12-4)8(6)3;1-3-5-4-2;/h6,10-14H,1,7-9H2,2-5H3;6-11H,5H2,1-4H3;3H,1,4-5H2,2H3;1H4/t10-,11-,12?,13?,14-;6-,7-,8?,9?,10-;;/m00../s1. The molecule has 0 aromatic carbocycles. The van der Waals surface area contributed by atoms with E-state index in [0.29, 0.717) is 42.1 Å². The first kappa shape index (κ1) is 37.4. The van der Waals surface area contributed by atoms with Gasteiger partial charge in [0.2, 0.25) is 0 Å². The van der Waals surface area contributed by atoms with Gasteiger partial charge in [0.25, 0.3) is 0 Å². The van der Waals surface area contributed by atoms with Crippen molar-refractivity contribution in [1.82, 2.24) is 0 Å². The highest BCUT2D eigenvalue weighted by Gasteiger charge is 2.39. The zero-order valence-electron chi connectivity index (χ0n) is 24.1. The van der Waals surface area contributed by atoms with E-state index >= 15 is 0 Å². The maximum Gasteiger partial charge on any atom is 0.160 e. The van der Waals surface area contributed by atoms with E-state index < -0.39 is 0 Å². The van der Waals surface area contributed by atoms with Crippen molar-refractivity contribution in [1.29, 1.82) is 0 Å². The van der Waals surface area contributed by atoms with Gasteiger partial charge in [-0.05, 0) is 36.5 Å². The summed E-state index contributed by atoms with van der Waals surface area (Å²) in [5.74, 6) is 2.83. The Bertz CT molecular complexity index is 520. The zero-order valence-corrected chi connectivity index (χ0v) is 24.1. The van der Waals surface area contributed by atoms with Crippen LogP contribution in [0, 0.1) is 35.5 Å². The van der Waals surface area contributed by atoms with Crippen LogP contribution in [0.5, 0.6) is 0 Å². The third-order valence-electron chi connectivity index (χ3n) is 7.85. The number of rotatable bonds is 10. The molecule has 0 saturated carbocycles. The molecule has 0 aromatic rings. The molecule has 2 rings (SSSR count). The fraction of sp³-hybridized carbons (Fsp3) is 0.867. The lowest BCUT2D eigenvalue weighted by molar-refractivity contribution is -0.247. The summed E-state index contributed by atoms with van der Waals surface area (Å²) >= 11 is 0. The van der Waals surface area contributed by atoms with Crippen LogP contribution in [0.1, 0.15) is 75.2 Å². The van der Waals surface area contributed by atoms with Gasteiger partial charge in [0.1, 0.15) is 0 Å². The normalized spacial score (nSPS) is 35.7. The summed E-state index contributed by atoms with van der Waals surface area (Å²) in [6.07, 6.45) is 6.86. The van der Waals surface area contributed by atoms with E-state index in [9.17, 15) is 0 Å². The van der Waals surface area contributed by atoms with Gasteiger partial charge in [0, 0.05) is 26.1 Å². The summed E-state index contributed by atoms with van der Waals surface area (Å²) in [5.41, 5.74) is 0. The van der Waals surface area contributed by atoms with Gasteiger partial charge in [-0.15, -0.1) is 13.2 Å². The predicted molar refractivity (Wildman–Crippen MR) is 151 cm³/mol. The highest BCUT2D eigenvalue weighted by Crippen LogP contribution is 2.36. The Morgan fingerprint density at radius 1 is 0.722 bits per heavy atom. The van der Waals surface area contributed by atoms with Gasteiger partial charge in [-0.3, -0.25) is 0 Å². The van der Waals surface area contributed by atoms with Crippen LogP contribution >= 0.6 is 0 Å². The lowest BCUT2D eigenvalue weighted by Gasteiger charge is -2.42. The van der Waals surface area contributed by atoms with E-state index in [1.54, 1.807) is 14.2 Å². The smallest absolute Gasteiger partial charge is 0.160 e. The summed E-state index contributed by atoms with van der Waals surface area (Å²) < 4.78 is 27.8. The van der Waals surface area contributed by atoms with Crippen LogP contribution in [0.3, 0.4) is 0 Å². The maximum absolute atomic E-state index is 9.10. The molecule has 4 unspecified atom stereocenters. The molecule has 10 atom stereocenters. The van der Waals surface area contributed by atoms with E-state index in [1.807, 2.05) is 12.2 Å². The molecule has 6 nitrogen and oxygen atoms in total. The minimum Gasteiger partial charge on any atom is -0.394 e. The number of aliphatic hydroxyl groups excluding tert-OH is 1. The van der Waals surface area contributed by atoms with Gasteiger partial charge in [-0.2, -0.15) is 0 Å². The SMILES string of the molecule is C.C=CCCC.C=CCCOCC1O[C@H](OC)C(C)[C@@H](C)[C@@H]1C.CO[C@H]1OC(CO)[C@@H](C)[C@H](C)C1C. The zero-order chi connectivity index (χ0) is 27.0. The van der Waals surface area contributed by atoms with Crippen LogP contribution in [0.25, 0.3) is 0 Å². The Hall–Kier alpha value is -0.760. The Kier molecular flexibility index (Phi) is 22.0. The first-order valence-corrected chi connectivity index (χ1v) is 13.4. The van der Waals surface area contributed by atoms with Gasteiger partial charge in [0.05, 0.1) is 32.0 Å².